The highest BCUT2D eigenvalue weighted by Gasteiger charge is 2.45. The SMILES string of the molecule is C(=C/c1cccc(CCCN2CCOCC2)n1)/c1cccc(C[P+](c2ccccc2)(c2ccccc2)c2ccccc2)c1. The lowest BCUT2D eigenvalue weighted by atomic mass is 10.1. The fraction of sp³-hybridized carbons (Fsp3) is 0.205. The summed E-state index contributed by atoms with van der Waals surface area (Å²) in [5.74, 6) is 0. The molecule has 0 atom stereocenters. The molecule has 3 nitrogen and oxygen atoms in total. The monoisotopic (exact) mass is 583 g/mol. The highest BCUT2D eigenvalue weighted by atomic mass is 31.2. The van der Waals surface area contributed by atoms with Crippen molar-refractivity contribution in [3.8, 4) is 0 Å². The molecule has 0 spiro atoms. The standard InChI is InChI=1S/C39H40N2OP/c1-4-18-37(19-5-1)43(38-20-6-2-7-21-38,39-22-8-3-9-23-39)32-34-14-10-13-33(31-34)24-25-36-16-11-15-35(40-36)17-12-26-41-27-29-42-30-28-41/h1-11,13-16,18-25,31H,12,17,26-30,32H2/q+1/b25-24-. The summed E-state index contributed by atoms with van der Waals surface area (Å²) in [5.41, 5.74) is 4.71. The van der Waals surface area contributed by atoms with E-state index in [2.05, 4.69) is 151 Å². The number of pyridine rings is 1. The fourth-order valence-corrected chi connectivity index (χ4v) is 10.3. The number of morpholine rings is 1. The first-order chi connectivity index (χ1) is 21.3. The van der Waals surface area contributed by atoms with Gasteiger partial charge in [-0.1, -0.05) is 84.9 Å². The van der Waals surface area contributed by atoms with E-state index in [4.69, 9.17) is 9.72 Å². The number of aryl methyl sites for hydroxylation is 1. The van der Waals surface area contributed by atoms with Gasteiger partial charge in [0.15, 0.2) is 0 Å². The first-order valence-electron chi connectivity index (χ1n) is 15.4. The van der Waals surface area contributed by atoms with Crippen LogP contribution >= 0.6 is 7.26 Å². The van der Waals surface area contributed by atoms with Gasteiger partial charge in [0, 0.05) is 18.8 Å². The molecule has 5 aromatic rings. The maximum atomic E-state index is 5.48. The zero-order chi connectivity index (χ0) is 29.2. The van der Waals surface area contributed by atoms with E-state index in [0.717, 1.165) is 63.2 Å². The van der Waals surface area contributed by atoms with Gasteiger partial charge in [0.2, 0.25) is 0 Å². The number of ether oxygens (including phenoxy) is 1. The minimum atomic E-state index is -1.95. The summed E-state index contributed by atoms with van der Waals surface area (Å²) >= 11 is 0. The van der Waals surface area contributed by atoms with E-state index in [9.17, 15) is 0 Å². The van der Waals surface area contributed by atoms with Crippen LogP contribution in [0.4, 0.5) is 0 Å². The van der Waals surface area contributed by atoms with Gasteiger partial charge in [-0.3, -0.25) is 9.88 Å². The third kappa shape index (κ3) is 7.37. The molecule has 0 N–H and O–H groups in total. The highest BCUT2D eigenvalue weighted by Crippen LogP contribution is 2.58. The molecular formula is C39H40N2OP+. The van der Waals surface area contributed by atoms with E-state index >= 15 is 0 Å². The third-order valence-electron chi connectivity index (χ3n) is 8.25. The van der Waals surface area contributed by atoms with Crippen molar-refractivity contribution in [2.75, 3.05) is 32.8 Å². The minimum Gasteiger partial charge on any atom is -0.379 e. The molecule has 0 amide bonds. The van der Waals surface area contributed by atoms with Crippen molar-refractivity contribution >= 4 is 35.3 Å². The third-order valence-corrected chi connectivity index (χ3v) is 12.6. The number of nitrogens with zero attached hydrogens (tertiary/aromatic N) is 2. The highest BCUT2D eigenvalue weighted by molar-refractivity contribution is 7.95. The number of benzene rings is 4. The molecule has 0 saturated carbocycles. The van der Waals surface area contributed by atoms with Gasteiger partial charge in [-0.25, -0.2) is 0 Å². The van der Waals surface area contributed by atoms with Crippen LogP contribution in [0.25, 0.3) is 12.2 Å². The molecule has 1 aliphatic heterocycles. The lowest BCUT2D eigenvalue weighted by molar-refractivity contribution is 0.0374. The van der Waals surface area contributed by atoms with E-state index in [1.165, 1.54) is 27.0 Å². The maximum absolute atomic E-state index is 5.48. The second kappa shape index (κ2) is 14.5. The van der Waals surface area contributed by atoms with Crippen molar-refractivity contribution in [2.24, 2.45) is 0 Å². The molecule has 0 radical (unpaired) electrons. The summed E-state index contributed by atoms with van der Waals surface area (Å²) in [5, 5.41) is 4.22. The van der Waals surface area contributed by atoms with E-state index in [1.54, 1.807) is 0 Å². The fourth-order valence-electron chi connectivity index (χ4n) is 6.06. The summed E-state index contributed by atoms with van der Waals surface area (Å²) in [6.45, 7) is 4.90. The molecule has 1 fully saturated rings. The number of hydrogen-bond donors (Lipinski definition) is 0. The number of hydrogen-bond acceptors (Lipinski definition) is 3. The first-order valence-corrected chi connectivity index (χ1v) is 17.3. The predicted molar refractivity (Wildman–Crippen MR) is 184 cm³/mol. The Labute approximate surface area is 257 Å². The Morgan fingerprint density at radius 1 is 0.651 bits per heavy atom. The second-order valence-corrected chi connectivity index (χ2v) is 14.6. The maximum Gasteiger partial charge on any atom is 0.116 e. The van der Waals surface area contributed by atoms with Gasteiger partial charge in [0.05, 0.1) is 25.1 Å². The molecule has 0 unspecified atom stereocenters. The summed E-state index contributed by atoms with van der Waals surface area (Å²) in [6.07, 6.45) is 7.44. The number of aromatic nitrogens is 1. The Hall–Kier alpha value is -3.88. The predicted octanol–water partition coefficient (Wildman–Crippen LogP) is 7.01. The van der Waals surface area contributed by atoms with Gasteiger partial charge >= 0.3 is 0 Å². The summed E-state index contributed by atoms with van der Waals surface area (Å²) in [7, 11) is -1.95. The van der Waals surface area contributed by atoms with Gasteiger partial charge in [0.25, 0.3) is 0 Å². The second-order valence-electron chi connectivity index (χ2n) is 11.2. The molecule has 43 heavy (non-hydrogen) atoms. The zero-order valence-electron chi connectivity index (χ0n) is 24.8. The smallest absolute Gasteiger partial charge is 0.116 e. The average Bonchev–Trinajstić information content (AvgIpc) is 3.08. The molecule has 216 valence electrons. The quantitative estimate of drug-likeness (QED) is 0.157. The van der Waals surface area contributed by atoms with Crippen molar-refractivity contribution in [3.05, 3.63) is 156 Å². The molecule has 4 aromatic carbocycles. The van der Waals surface area contributed by atoms with E-state index in [0.29, 0.717) is 0 Å². The molecule has 1 aromatic heterocycles. The van der Waals surface area contributed by atoms with Crippen molar-refractivity contribution in [3.63, 3.8) is 0 Å². The van der Waals surface area contributed by atoms with E-state index in [-0.39, 0.29) is 0 Å². The molecule has 1 aliphatic rings. The Kier molecular flexibility index (Phi) is 9.87. The summed E-state index contributed by atoms with van der Waals surface area (Å²) in [6, 6.07) is 48.7. The summed E-state index contributed by atoms with van der Waals surface area (Å²) < 4.78 is 5.48. The summed E-state index contributed by atoms with van der Waals surface area (Å²) in [4.78, 5) is 7.44. The minimum absolute atomic E-state index is 0.854. The van der Waals surface area contributed by atoms with Gasteiger partial charge in [-0.15, -0.1) is 0 Å². The van der Waals surface area contributed by atoms with Gasteiger partial charge < -0.3 is 4.74 Å². The van der Waals surface area contributed by atoms with E-state index < -0.39 is 7.26 Å². The Bertz CT molecular complexity index is 1500. The Morgan fingerprint density at radius 3 is 1.88 bits per heavy atom. The van der Waals surface area contributed by atoms with Crippen molar-refractivity contribution in [1.29, 1.82) is 0 Å². The normalized spacial score (nSPS) is 14.2. The van der Waals surface area contributed by atoms with Crippen molar-refractivity contribution in [1.82, 2.24) is 9.88 Å². The largest absolute Gasteiger partial charge is 0.379 e. The zero-order valence-corrected chi connectivity index (χ0v) is 25.7. The molecular weight excluding hydrogens is 543 g/mol. The van der Waals surface area contributed by atoms with Crippen LogP contribution in [0.3, 0.4) is 0 Å². The average molecular weight is 584 g/mol. The lowest BCUT2D eigenvalue weighted by Gasteiger charge is -2.28. The van der Waals surface area contributed by atoms with Crippen LogP contribution in [0, 0.1) is 0 Å². The van der Waals surface area contributed by atoms with Crippen LogP contribution in [0.5, 0.6) is 0 Å². The molecule has 1 saturated heterocycles. The topological polar surface area (TPSA) is 25.4 Å². The Morgan fingerprint density at radius 2 is 1.26 bits per heavy atom. The van der Waals surface area contributed by atoms with Crippen LogP contribution < -0.4 is 15.9 Å². The molecule has 4 heteroatoms. The van der Waals surface area contributed by atoms with Gasteiger partial charge in [0.1, 0.15) is 23.2 Å². The van der Waals surface area contributed by atoms with Crippen LogP contribution in [0.2, 0.25) is 0 Å². The number of rotatable bonds is 11. The van der Waals surface area contributed by atoms with Crippen LogP contribution in [-0.4, -0.2) is 42.7 Å². The Balaban J connectivity index is 1.24. The molecule has 0 aliphatic carbocycles. The van der Waals surface area contributed by atoms with Crippen molar-refractivity contribution in [2.45, 2.75) is 19.0 Å². The van der Waals surface area contributed by atoms with Gasteiger partial charge in [-0.05, 0) is 91.2 Å². The van der Waals surface area contributed by atoms with Crippen LogP contribution in [0.1, 0.15) is 28.9 Å². The first kappa shape index (κ1) is 29.2. The van der Waals surface area contributed by atoms with Crippen molar-refractivity contribution < 1.29 is 4.74 Å². The molecule has 0 bridgehead atoms. The lowest BCUT2D eigenvalue weighted by Crippen LogP contribution is -2.36. The van der Waals surface area contributed by atoms with Crippen LogP contribution in [-0.2, 0) is 17.3 Å². The van der Waals surface area contributed by atoms with Gasteiger partial charge in [-0.2, -0.15) is 0 Å². The molecule has 6 rings (SSSR count). The van der Waals surface area contributed by atoms with Crippen LogP contribution in [0.15, 0.2) is 133 Å². The molecule has 2 heterocycles. The van der Waals surface area contributed by atoms with E-state index in [1.807, 2.05) is 0 Å².